The van der Waals surface area contributed by atoms with Crippen molar-refractivity contribution in [2.24, 2.45) is 0 Å². The van der Waals surface area contributed by atoms with Crippen molar-refractivity contribution in [1.29, 1.82) is 0 Å². The van der Waals surface area contributed by atoms with Crippen molar-refractivity contribution >= 4 is 23.5 Å². The predicted octanol–water partition coefficient (Wildman–Crippen LogP) is 12.9. The lowest BCUT2D eigenvalue weighted by Gasteiger charge is -2.11. The van der Waals surface area contributed by atoms with E-state index in [0.717, 1.165) is 85.2 Å². The fraction of sp³-hybridized carbons (Fsp3) is 0.930. The van der Waals surface area contributed by atoms with Gasteiger partial charge in [0.05, 0.1) is 26.4 Å². The van der Waals surface area contributed by atoms with Crippen molar-refractivity contribution in [1.82, 2.24) is 42.5 Å². The summed E-state index contributed by atoms with van der Waals surface area (Å²) >= 11 is 4.11. The Kier molecular flexibility index (Phi) is 150. The van der Waals surface area contributed by atoms with Crippen LogP contribution < -0.4 is 42.5 Å². The highest BCUT2D eigenvalue weighted by atomic mass is 32.2. The summed E-state index contributed by atoms with van der Waals surface area (Å²) in [6.07, 6.45) is 23.6. The third-order valence-corrected chi connectivity index (χ3v) is 10.5. The molecule has 0 aliphatic carbocycles. The van der Waals surface area contributed by atoms with Gasteiger partial charge < -0.3 is 52.0 Å². The van der Waals surface area contributed by atoms with Crippen LogP contribution in [0.25, 0.3) is 0 Å². The summed E-state index contributed by atoms with van der Waals surface area (Å²) in [5.74, 6) is 5.44. The number of thioether (sulfide) groups is 2. The van der Waals surface area contributed by atoms with E-state index in [4.69, 9.17) is 9.47 Å². The first-order valence-electron chi connectivity index (χ1n) is 29.8. The molecule has 0 aromatic rings. The van der Waals surface area contributed by atoms with Crippen LogP contribution in [-0.4, -0.2) is 154 Å². The molecule has 69 heavy (non-hydrogen) atoms. The predicted molar refractivity (Wildman–Crippen MR) is 330 cm³/mol. The molecule has 0 aromatic heterocycles. The Morgan fingerprint density at radius 1 is 0.261 bits per heavy atom. The second-order valence-corrected chi connectivity index (χ2v) is 15.5. The number of morpholine rings is 1. The molecule has 0 unspecified atom stereocenters. The van der Waals surface area contributed by atoms with E-state index in [1.807, 2.05) is 142 Å². The number of hydrogen-bond donors (Lipinski definition) is 8. The molecule has 12 heteroatoms. The average molecular weight is 1030 g/mol. The number of nitrogens with one attached hydrogen (secondary N) is 8. The molecular weight excluding hydrogens is 893 g/mol. The minimum Gasteiger partial charge on any atom is -0.379 e. The van der Waals surface area contributed by atoms with E-state index in [-0.39, 0.29) is 0 Å². The van der Waals surface area contributed by atoms with Crippen LogP contribution >= 0.6 is 23.5 Å². The SMILES string of the molecule is C1=CCNCC1.C1=CCOCC1.C1CCCNCC1.C1CCNC1.C1CCSC1.C1CNC1.C1CNCCN1.C1COCCN1.C1CSCCN1.CC.CC.CC.CC.CC.CC.CC.CC.CC. The Hall–Kier alpha value is -0.220. The summed E-state index contributed by atoms with van der Waals surface area (Å²) in [4.78, 5) is 0. The summed E-state index contributed by atoms with van der Waals surface area (Å²) in [5.41, 5.74) is 0. The number of ether oxygens (including phenoxy) is 2. The van der Waals surface area contributed by atoms with Gasteiger partial charge in [0.1, 0.15) is 0 Å². The third kappa shape index (κ3) is 114. The second-order valence-electron chi connectivity index (χ2n) is 13.1. The molecule has 0 saturated carbocycles. The Morgan fingerprint density at radius 2 is 0.609 bits per heavy atom. The van der Waals surface area contributed by atoms with E-state index in [0.29, 0.717) is 0 Å². The van der Waals surface area contributed by atoms with Crippen LogP contribution in [0.4, 0.5) is 0 Å². The lowest BCUT2D eigenvalue weighted by Crippen LogP contribution is -2.39. The van der Waals surface area contributed by atoms with Gasteiger partial charge in [0.25, 0.3) is 0 Å². The zero-order chi connectivity index (χ0) is 54.1. The topological polar surface area (TPSA) is 115 Å². The fourth-order valence-electron chi connectivity index (χ4n) is 4.99. The van der Waals surface area contributed by atoms with Gasteiger partial charge in [-0.2, -0.15) is 23.5 Å². The van der Waals surface area contributed by atoms with E-state index >= 15 is 0 Å². The quantitative estimate of drug-likeness (QED) is 0.111. The van der Waals surface area contributed by atoms with E-state index in [2.05, 4.69) is 72.5 Å². The Labute approximate surface area is 447 Å². The van der Waals surface area contributed by atoms with Crippen LogP contribution in [0.3, 0.4) is 0 Å². The van der Waals surface area contributed by atoms with Crippen molar-refractivity contribution in [3.8, 4) is 0 Å². The number of rotatable bonds is 0. The minimum absolute atomic E-state index is 0.819. The molecule has 0 spiro atoms. The molecule has 7 fully saturated rings. The molecular formula is C57H136N8O2S2. The molecule has 9 aliphatic heterocycles. The molecule has 0 radical (unpaired) electrons. The average Bonchev–Trinajstić information content (AvgIpc) is 4.24. The molecule has 8 N–H and O–H groups in total. The van der Waals surface area contributed by atoms with Crippen LogP contribution in [-0.2, 0) is 9.47 Å². The van der Waals surface area contributed by atoms with Gasteiger partial charge in [0.2, 0.25) is 0 Å². The molecule has 0 bridgehead atoms. The zero-order valence-electron chi connectivity index (χ0n) is 50.7. The van der Waals surface area contributed by atoms with Gasteiger partial charge in [-0.1, -0.05) is 162 Å². The van der Waals surface area contributed by atoms with Gasteiger partial charge in [0, 0.05) is 70.4 Å². The maximum atomic E-state index is 5.01. The lowest BCUT2D eigenvalue weighted by molar-refractivity contribution is 0.109. The summed E-state index contributed by atoms with van der Waals surface area (Å²) in [7, 11) is 0. The van der Waals surface area contributed by atoms with Gasteiger partial charge in [-0.05, 0) is 115 Å². The third-order valence-electron chi connectivity index (χ3n) is 8.32. The molecule has 9 aliphatic rings. The lowest BCUT2D eigenvalue weighted by atomic mass is 10.2. The first-order chi connectivity index (χ1) is 34.5. The van der Waals surface area contributed by atoms with Gasteiger partial charge in [-0.15, -0.1) is 0 Å². The molecule has 0 amide bonds. The van der Waals surface area contributed by atoms with Crippen LogP contribution in [0.1, 0.15) is 195 Å². The van der Waals surface area contributed by atoms with Gasteiger partial charge in [-0.25, -0.2) is 0 Å². The molecule has 9 rings (SSSR count). The summed E-state index contributed by atoms with van der Waals surface area (Å²) in [5, 5.41) is 25.7. The molecule has 10 nitrogen and oxygen atoms in total. The van der Waals surface area contributed by atoms with Gasteiger partial charge in [-0.3, -0.25) is 0 Å². The minimum atomic E-state index is 0.819. The molecule has 7 saturated heterocycles. The van der Waals surface area contributed by atoms with Gasteiger partial charge in [0.15, 0.2) is 0 Å². The Bertz CT molecular complexity index is 548. The molecule has 9 heterocycles. The van der Waals surface area contributed by atoms with Crippen molar-refractivity contribution in [3.63, 3.8) is 0 Å². The highest BCUT2D eigenvalue weighted by Crippen LogP contribution is 2.14. The van der Waals surface area contributed by atoms with Crippen LogP contribution in [0.15, 0.2) is 24.3 Å². The summed E-state index contributed by atoms with van der Waals surface area (Å²) < 4.78 is 9.99. The second kappa shape index (κ2) is 117. The normalized spacial score (nSPS) is 18.1. The fourth-order valence-corrected chi connectivity index (χ4v) is 6.79. The first-order valence-corrected chi connectivity index (χ1v) is 32.1. The van der Waals surface area contributed by atoms with Crippen LogP contribution in [0.5, 0.6) is 0 Å². The highest BCUT2D eigenvalue weighted by molar-refractivity contribution is 7.99. The maximum Gasteiger partial charge on any atom is 0.0647 e. The van der Waals surface area contributed by atoms with E-state index in [1.165, 1.54) is 140 Å². The van der Waals surface area contributed by atoms with E-state index in [1.54, 1.807) is 0 Å². The first kappa shape index (κ1) is 88.4. The monoisotopic (exact) mass is 1030 g/mol. The van der Waals surface area contributed by atoms with Crippen molar-refractivity contribution in [3.05, 3.63) is 24.3 Å². The van der Waals surface area contributed by atoms with Crippen LogP contribution in [0, 0.1) is 0 Å². The van der Waals surface area contributed by atoms with Crippen molar-refractivity contribution in [2.45, 2.75) is 195 Å². The highest BCUT2D eigenvalue weighted by Gasteiger charge is 1.97. The Morgan fingerprint density at radius 3 is 0.768 bits per heavy atom. The molecule has 0 atom stereocenters. The zero-order valence-corrected chi connectivity index (χ0v) is 52.3. The summed E-state index contributed by atoms with van der Waals surface area (Å²) in [6.45, 7) is 58.3. The maximum absolute atomic E-state index is 5.01. The number of piperazine rings is 1. The van der Waals surface area contributed by atoms with E-state index < -0.39 is 0 Å². The smallest absolute Gasteiger partial charge is 0.0647 e. The van der Waals surface area contributed by atoms with Gasteiger partial charge >= 0.3 is 0 Å². The molecule has 0 aromatic carbocycles. The van der Waals surface area contributed by atoms with Crippen molar-refractivity contribution < 1.29 is 9.47 Å². The Balaban J connectivity index is -0.0000000807. The van der Waals surface area contributed by atoms with Crippen molar-refractivity contribution in [2.75, 3.05) is 154 Å². The van der Waals surface area contributed by atoms with Crippen LogP contribution in [0.2, 0.25) is 0 Å². The standard InChI is InChI=1S/C6H13N.C5H9N.C5H8O.C4H10N2.C4H9NO.C4H9NS.C4H9N.C4H8S.C3H7N.9C2H6/c1-2-4-6-7-5-3-1;2*1-2-4-6-5-3-1;1-2-6-4-3-5-1;2*1-3-6-4-2-5-1;2*1-2-4-5-3-1;1-2-4-3-1;9*1-2/h7H,1-6H2;1-2,6H,3-5H2;1-2H,3-5H2;5-6H,1-4H2;2*5H,1-4H2;5H,1-4H2;1-4H2;4H,1-3H2;9*1-2H3. The van der Waals surface area contributed by atoms with E-state index in [9.17, 15) is 0 Å². The number of hydrogen-bond acceptors (Lipinski definition) is 12. The largest absolute Gasteiger partial charge is 0.379 e. The molecule has 428 valence electrons. The summed E-state index contributed by atoms with van der Waals surface area (Å²) in [6, 6.07) is 0.